The zero-order chi connectivity index (χ0) is 18.0. The standard InChI is InChI=1S/C18H21BN3O3/c1-4-9-25-20-14-10-22(19-11-23)17(12(2)24)16-13-7-5-6-8-15(13)21(3)18(14)16/h4-8,11,14,17,20H,1,9-10H2,2-3H3. The Kier molecular flexibility index (Phi) is 5.17. The molecule has 0 bridgehead atoms. The summed E-state index contributed by atoms with van der Waals surface area (Å²) in [6, 6.07) is 7.31. The van der Waals surface area contributed by atoms with Crippen LogP contribution in [0.2, 0.25) is 0 Å². The molecule has 1 aliphatic heterocycles. The molecule has 1 aromatic carbocycles. The van der Waals surface area contributed by atoms with Gasteiger partial charge in [-0.1, -0.05) is 24.3 Å². The summed E-state index contributed by atoms with van der Waals surface area (Å²) < 4.78 is 2.09. The molecule has 1 radical (unpaired) electrons. The number of benzene rings is 1. The van der Waals surface area contributed by atoms with E-state index >= 15 is 0 Å². The molecule has 2 atom stereocenters. The van der Waals surface area contributed by atoms with Crippen LogP contribution in [0.4, 0.5) is 0 Å². The van der Waals surface area contributed by atoms with Crippen LogP contribution in [-0.4, -0.2) is 41.9 Å². The van der Waals surface area contributed by atoms with Crippen molar-refractivity contribution in [1.29, 1.82) is 0 Å². The summed E-state index contributed by atoms with van der Waals surface area (Å²) in [5, 5.41) is 1.01. The average molecular weight is 338 g/mol. The molecule has 25 heavy (non-hydrogen) atoms. The lowest BCUT2D eigenvalue weighted by molar-refractivity contribution is -0.121. The fourth-order valence-corrected chi connectivity index (χ4v) is 3.68. The van der Waals surface area contributed by atoms with Gasteiger partial charge in [0.2, 0.25) is 0 Å². The number of carbonyl (C=O) groups excluding carboxylic acids is 2. The molecule has 7 heteroatoms. The Morgan fingerprint density at radius 3 is 2.92 bits per heavy atom. The smallest absolute Gasteiger partial charge is 0.294 e. The van der Waals surface area contributed by atoms with Crippen LogP contribution in [0.5, 0.6) is 0 Å². The van der Waals surface area contributed by atoms with Gasteiger partial charge in [-0.25, -0.2) is 0 Å². The number of carbonyl (C=O) groups is 2. The lowest BCUT2D eigenvalue weighted by atomic mass is 9.82. The van der Waals surface area contributed by atoms with Crippen molar-refractivity contribution in [3.05, 3.63) is 48.2 Å². The van der Waals surface area contributed by atoms with Crippen molar-refractivity contribution in [3.8, 4) is 0 Å². The van der Waals surface area contributed by atoms with Gasteiger partial charge in [0.25, 0.3) is 7.41 Å². The summed E-state index contributed by atoms with van der Waals surface area (Å²) in [7, 11) is 3.42. The van der Waals surface area contributed by atoms with Crippen molar-refractivity contribution in [3.63, 3.8) is 0 Å². The predicted molar refractivity (Wildman–Crippen MR) is 97.6 cm³/mol. The number of hydrogen-bond acceptors (Lipinski definition) is 5. The topological polar surface area (TPSA) is 63.6 Å². The Hall–Kier alpha value is -2.22. The van der Waals surface area contributed by atoms with Crippen LogP contribution in [0.3, 0.4) is 0 Å². The highest BCUT2D eigenvalue weighted by atomic mass is 16.6. The van der Waals surface area contributed by atoms with Crippen molar-refractivity contribution in [2.45, 2.75) is 19.0 Å². The lowest BCUT2D eigenvalue weighted by Gasteiger charge is -2.38. The first-order valence-corrected chi connectivity index (χ1v) is 8.20. The molecule has 0 aliphatic carbocycles. The fraction of sp³-hybridized carbons (Fsp3) is 0.333. The molecular weight excluding hydrogens is 317 g/mol. The predicted octanol–water partition coefficient (Wildman–Crippen LogP) is 1.68. The Labute approximate surface area is 147 Å². The van der Waals surface area contributed by atoms with Crippen molar-refractivity contribution < 1.29 is 14.4 Å². The number of nitrogens with zero attached hydrogens (tertiary/aromatic N) is 2. The maximum absolute atomic E-state index is 12.4. The third-order valence-corrected chi connectivity index (χ3v) is 4.59. The maximum Gasteiger partial charge on any atom is 0.294 e. The van der Waals surface area contributed by atoms with Gasteiger partial charge in [0.15, 0.2) is 5.78 Å². The van der Waals surface area contributed by atoms with Gasteiger partial charge in [-0.3, -0.25) is 9.63 Å². The highest BCUT2D eigenvalue weighted by molar-refractivity contribution is 6.64. The van der Waals surface area contributed by atoms with E-state index in [1.165, 1.54) is 7.41 Å². The molecule has 1 aliphatic rings. The molecule has 6 nitrogen and oxygen atoms in total. The molecule has 0 fully saturated rings. The second kappa shape index (κ2) is 7.35. The zero-order valence-electron chi connectivity index (χ0n) is 14.4. The van der Waals surface area contributed by atoms with Gasteiger partial charge in [0.1, 0.15) is 0 Å². The van der Waals surface area contributed by atoms with Crippen LogP contribution >= 0.6 is 0 Å². The number of aryl methyl sites for hydroxylation is 1. The van der Waals surface area contributed by atoms with Crippen molar-refractivity contribution in [1.82, 2.24) is 14.9 Å². The van der Waals surface area contributed by atoms with E-state index in [-0.39, 0.29) is 11.8 Å². The van der Waals surface area contributed by atoms with Crippen molar-refractivity contribution >= 4 is 30.3 Å². The van der Waals surface area contributed by atoms with Crippen LogP contribution in [-0.2, 0) is 21.5 Å². The lowest BCUT2D eigenvalue weighted by Crippen LogP contribution is -2.47. The van der Waals surface area contributed by atoms with Gasteiger partial charge in [-0.2, -0.15) is 5.48 Å². The molecule has 0 saturated heterocycles. The number of hydroxylamine groups is 1. The zero-order valence-corrected chi connectivity index (χ0v) is 14.4. The minimum Gasteiger partial charge on any atom is -0.346 e. The molecule has 3 rings (SSSR count). The average Bonchev–Trinajstić information content (AvgIpc) is 2.89. The molecule has 0 saturated carbocycles. The molecular formula is C18H21BN3O3. The molecule has 2 heterocycles. The second-order valence-corrected chi connectivity index (χ2v) is 6.14. The van der Waals surface area contributed by atoms with Crippen LogP contribution in [0, 0.1) is 0 Å². The third kappa shape index (κ3) is 3.06. The van der Waals surface area contributed by atoms with E-state index in [1.807, 2.05) is 31.3 Å². The fourth-order valence-electron chi connectivity index (χ4n) is 3.68. The van der Waals surface area contributed by atoms with E-state index in [9.17, 15) is 9.59 Å². The van der Waals surface area contributed by atoms with Gasteiger partial charge in [-0.15, -0.1) is 6.58 Å². The normalized spacial score (nSPS) is 20.2. The summed E-state index contributed by atoms with van der Waals surface area (Å²) >= 11 is 0. The molecule has 2 aromatic rings. The van der Waals surface area contributed by atoms with Crippen LogP contribution in [0.1, 0.15) is 30.3 Å². The van der Waals surface area contributed by atoms with E-state index in [1.54, 1.807) is 17.8 Å². The highest BCUT2D eigenvalue weighted by Gasteiger charge is 2.39. The van der Waals surface area contributed by atoms with Gasteiger partial charge in [0.05, 0.1) is 24.9 Å². The SMILES string of the molecule is C=CCONC1CN([B]C=O)C(C(C)=O)c2c1n(C)c1ccccc21. The number of Topliss-reactive ketones (excluding diaryl/α,β-unsaturated/α-hetero) is 1. The number of fused-ring (bicyclic) bond motifs is 3. The number of rotatable bonds is 7. The van der Waals surface area contributed by atoms with Crippen LogP contribution in [0.25, 0.3) is 10.9 Å². The first-order valence-electron chi connectivity index (χ1n) is 8.20. The second-order valence-electron chi connectivity index (χ2n) is 6.14. The van der Waals surface area contributed by atoms with Crippen molar-refractivity contribution in [2.24, 2.45) is 7.05 Å². The highest BCUT2D eigenvalue weighted by Crippen LogP contribution is 2.41. The number of aromatic nitrogens is 1. The minimum absolute atomic E-state index is 0.00108. The molecule has 1 aromatic heterocycles. The monoisotopic (exact) mass is 338 g/mol. The van der Waals surface area contributed by atoms with Crippen LogP contribution in [0.15, 0.2) is 36.9 Å². The number of ketones is 1. The molecule has 0 spiro atoms. The molecule has 0 amide bonds. The van der Waals surface area contributed by atoms with Gasteiger partial charge in [0, 0.05) is 35.8 Å². The summed E-state index contributed by atoms with van der Waals surface area (Å²) in [5.41, 5.74) is 6.02. The maximum atomic E-state index is 12.4. The summed E-state index contributed by atoms with van der Waals surface area (Å²) in [6.45, 7) is 6.02. The number of para-hydroxylation sites is 1. The molecule has 1 N–H and O–H groups in total. The molecule has 2 unspecified atom stereocenters. The number of nitrogens with one attached hydrogen (secondary N) is 1. The molecule has 129 valence electrons. The van der Waals surface area contributed by atoms with Gasteiger partial charge >= 0.3 is 0 Å². The summed E-state index contributed by atoms with van der Waals surface area (Å²) in [5.74, 6) is 0.00108. The third-order valence-electron chi connectivity index (χ3n) is 4.59. The Morgan fingerprint density at radius 1 is 1.48 bits per heavy atom. The largest absolute Gasteiger partial charge is 0.346 e. The van der Waals surface area contributed by atoms with E-state index in [4.69, 9.17) is 4.84 Å². The van der Waals surface area contributed by atoms with E-state index in [0.717, 1.165) is 22.2 Å². The Bertz CT molecular complexity index is 817. The minimum atomic E-state index is -0.483. The summed E-state index contributed by atoms with van der Waals surface area (Å²) in [4.78, 5) is 30.8. The summed E-state index contributed by atoms with van der Waals surface area (Å²) in [6.07, 6.45) is 2.37. The Balaban J connectivity index is 2.17. The van der Waals surface area contributed by atoms with Crippen molar-refractivity contribution in [2.75, 3.05) is 13.2 Å². The Morgan fingerprint density at radius 2 is 2.24 bits per heavy atom. The number of hydrogen-bond donors (Lipinski definition) is 1. The first kappa shape index (κ1) is 17.6. The van der Waals surface area contributed by atoms with Gasteiger partial charge in [-0.05, 0) is 13.0 Å². The quantitative estimate of drug-likeness (QED) is 0.274. The van der Waals surface area contributed by atoms with Gasteiger partial charge < -0.3 is 14.2 Å². The van der Waals surface area contributed by atoms with E-state index in [2.05, 4.69) is 16.6 Å². The van der Waals surface area contributed by atoms with Crippen LogP contribution < -0.4 is 5.48 Å². The van der Waals surface area contributed by atoms with E-state index in [0.29, 0.717) is 19.3 Å². The van der Waals surface area contributed by atoms with E-state index < -0.39 is 6.04 Å². The first-order chi connectivity index (χ1) is 12.1.